The number of amides is 2. The highest BCUT2D eigenvalue weighted by Crippen LogP contribution is 2.31. The Bertz CT molecular complexity index is 1450. The number of nitrogens with zero attached hydrogens (tertiary/aromatic N) is 2. The number of benzene rings is 3. The van der Waals surface area contributed by atoms with E-state index >= 15 is 0 Å². The first-order chi connectivity index (χ1) is 17.9. The lowest BCUT2D eigenvalue weighted by molar-refractivity contribution is -0.128. The number of hydrogen-bond acceptors (Lipinski definition) is 4. The van der Waals surface area contributed by atoms with Crippen molar-refractivity contribution in [3.8, 4) is 11.1 Å². The molecule has 1 aliphatic rings. The lowest BCUT2D eigenvalue weighted by atomic mass is 9.89. The number of hydrogen-bond donors (Lipinski definition) is 1. The minimum atomic E-state index is -0.507. The third kappa shape index (κ3) is 5.49. The van der Waals surface area contributed by atoms with Gasteiger partial charge in [-0.2, -0.15) is 0 Å². The molecule has 0 aliphatic heterocycles. The Labute approximate surface area is 220 Å². The first-order valence-electron chi connectivity index (χ1n) is 12.4. The summed E-state index contributed by atoms with van der Waals surface area (Å²) >= 11 is 6.11. The molecule has 3 aromatic carbocycles. The van der Waals surface area contributed by atoms with Gasteiger partial charge in [0.2, 0.25) is 5.91 Å². The maximum Gasteiger partial charge on any atom is 0.260 e. The van der Waals surface area contributed by atoms with Gasteiger partial charge in [-0.05, 0) is 79.3 Å². The number of imide groups is 1. The molecule has 0 bridgehead atoms. The van der Waals surface area contributed by atoms with Crippen LogP contribution in [0.25, 0.3) is 22.0 Å². The van der Waals surface area contributed by atoms with Crippen LogP contribution >= 0.6 is 11.6 Å². The Hall–Kier alpha value is -3.77. The quantitative estimate of drug-likeness (QED) is 0.308. The summed E-state index contributed by atoms with van der Waals surface area (Å²) in [6.07, 6.45) is 4.66. The van der Waals surface area contributed by atoms with Gasteiger partial charge in [-0.15, -0.1) is 0 Å². The molecule has 1 N–H and O–H groups in total. The molecule has 1 fully saturated rings. The van der Waals surface area contributed by atoms with E-state index < -0.39 is 11.7 Å². The van der Waals surface area contributed by atoms with E-state index in [0.717, 1.165) is 35.0 Å². The van der Waals surface area contributed by atoms with Crippen LogP contribution in [0.1, 0.15) is 43.0 Å². The second-order valence-corrected chi connectivity index (χ2v) is 9.89. The molecule has 1 aliphatic carbocycles. The molecule has 188 valence electrons. The second-order valence-electron chi connectivity index (χ2n) is 9.46. The Morgan fingerprint density at radius 1 is 0.946 bits per heavy atom. The van der Waals surface area contributed by atoms with Gasteiger partial charge in [-0.25, -0.2) is 4.39 Å². The van der Waals surface area contributed by atoms with E-state index in [1.807, 2.05) is 54.6 Å². The minimum Gasteiger partial charge on any atom is -0.382 e. The molecule has 1 saturated carbocycles. The molecule has 1 heterocycles. The van der Waals surface area contributed by atoms with Crippen LogP contribution in [0.2, 0.25) is 5.02 Å². The molecule has 0 spiro atoms. The van der Waals surface area contributed by atoms with Crippen LogP contribution < -0.4 is 5.32 Å². The summed E-state index contributed by atoms with van der Waals surface area (Å²) in [6, 6.07) is 21.1. The Balaban J connectivity index is 1.31. The van der Waals surface area contributed by atoms with Gasteiger partial charge in [0.15, 0.2) is 0 Å². The number of rotatable bonds is 5. The van der Waals surface area contributed by atoms with E-state index in [1.54, 1.807) is 12.3 Å². The number of halogens is 2. The highest BCUT2D eigenvalue weighted by atomic mass is 35.5. The average molecular weight is 516 g/mol. The van der Waals surface area contributed by atoms with Crippen molar-refractivity contribution in [2.24, 2.45) is 0 Å². The fraction of sp³-hybridized carbons (Fsp3) is 0.233. The lowest BCUT2D eigenvalue weighted by Gasteiger charge is -2.36. The highest BCUT2D eigenvalue weighted by Gasteiger charge is 2.32. The van der Waals surface area contributed by atoms with Gasteiger partial charge in [0.1, 0.15) is 5.82 Å². The summed E-state index contributed by atoms with van der Waals surface area (Å²) in [5.41, 5.74) is 3.40. The summed E-state index contributed by atoms with van der Waals surface area (Å²) in [7, 11) is 0. The first-order valence-corrected chi connectivity index (χ1v) is 12.8. The minimum absolute atomic E-state index is 0.177. The van der Waals surface area contributed by atoms with Crippen LogP contribution in [-0.4, -0.2) is 33.8 Å². The van der Waals surface area contributed by atoms with Crippen LogP contribution in [0.15, 0.2) is 79.0 Å². The molecule has 0 radical (unpaired) electrons. The fourth-order valence-electron chi connectivity index (χ4n) is 5.16. The van der Waals surface area contributed by atoms with Crippen molar-refractivity contribution in [1.29, 1.82) is 0 Å². The van der Waals surface area contributed by atoms with E-state index in [4.69, 9.17) is 11.6 Å². The normalized spacial score (nSPS) is 17.4. The first kappa shape index (κ1) is 24.9. The molecule has 0 saturated heterocycles. The SMILES string of the molecule is CC(=O)N(C(=O)c1cc(F)cc(-c2ccccc2)c1)C1CCC(Nc2ccnc3cc(Cl)ccc23)CC1. The van der Waals surface area contributed by atoms with Gasteiger partial charge in [0, 0.05) is 46.9 Å². The van der Waals surface area contributed by atoms with Gasteiger partial charge in [-0.1, -0.05) is 41.9 Å². The molecule has 4 aromatic rings. The maximum atomic E-state index is 14.5. The van der Waals surface area contributed by atoms with E-state index in [-0.39, 0.29) is 23.6 Å². The Kier molecular flexibility index (Phi) is 7.19. The highest BCUT2D eigenvalue weighted by molar-refractivity contribution is 6.31. The number of nitrogens with one attached hydrogen (secondary N) is 1. The smallest absolute Gasteiger partial charge is 0.260 e. The number of pyridine rings is 1. The third-order valence-corrected chi connectivity index (χ3v) is 7.17. The molecule has 5 rings (SSSR count). The number of fused-ring (bicyclic) bond motifs is 1. The fourth-order valence-corrected chi connectivity index (χ4v) is 5.33. The van der Waals surface area contributed by atoms with Gasteiger partial charge < -0.3 is 5.32 Å². The molecule has 1 aromatic heterocycles. The number of anilines is 1. The molecule has 5 nitrogen and oxygen atoms in total. The van der Waals surface area contributed by atoms with E-state index in [1.165, 1.54) is 24.0 Å². The van der Waals surface area contributed by atoms with Crippen molar-refractivity contribution in [3.63, 3.8) is 0 Å². The molecular formula is C30H27ClFN3O2. The maximum absolute atomic E-state index is 14.5. The van der Waals surface area contributed by atoms with Gasteiger partial charge in [0.25, 0.3) is 5.91 Å². The van der Waals surface area contributed by atoms with E-state index in [2.05, 4.69) is 10.3 Å². The summed E-state index contributed by atoms with van der Waals surface area (Å²) in [5.74, 6) is -1.30. The van der Waals surface area contributed by atoms with Gasteiger partial charge in [-0.3, -0.25) is 19.5 Å². The zero-order valence-electron chi connectivity index (χ0n) is 20.5. The van der Waals surface area contributed by atoms with Crippen LogP contribution in [-0.2, 0) is 4.79 Å². The van der Waals surface area contributed by atoms with Crippen molar-refractivity contribution >= 4 is 40.0 Å². The van der Waals surface area contributed by atoms with Gasteiger partial charge in [0.05, 0.1) is 5.52 Å². The molecule has 37 heavy (non-hydrogen) atoms. The van der Waals surface area contributed by atoms with Crippen molar-refractivity contribution in [1.82, 2.24) is 9.88 Å². The monoisotopic (exact) mass is 515 g/mol. The third-order valence-electron chi connectivity index (χ3n) is 6.94. The second kappa shape index (κ2) is 10.7. The number of aromatic nitrogens is 1. The van der Waals surface area contributed by atoms with Crippen molar-refractivity contribution in [2.45, 2.75) is 44.7 Å². The Morgan fingerprint density at radius 3 is 2.43 bits per heavy atom. The van der Waals surface area contributed by atoms with Gasteiger partial charge >= 0.3 is 0 Å². The standard InChI is InChI=1S/C30H27ClFN3O2/c1-19(36)35(30(37)22-15-21(16-24(32)17-22)20-5-3-2-4-6-20)26-10-8-25(9-11-26)34-28-13-14-33-29-18-23(31)7-12-27(28)29/h2-7,12-18,25-26H,8-11H2,1H3,(H,33,34). The molecule has 2 amide bonds. The summed E-state index contributed by atoms with van der Waals surface area (Å²) in [5, 5.41) is 5.24. The molecule has 0 unspecified atom stereocenters. The zero-order valence-corrected chi connectivity index (χ0v) is 21.2. The van der Waals surface area contributed by atoms with Crippen molar-refractivity contribution in [2.75, 3.05) is 5.32 Å². The number of carbonyl (C=O) groups is 2. The van der Waals surface area contributed by atoms with Crippen LogP contribution in [0.3, 0.4) is 0 Å². The largest absolute Gasteiger partial charge is 0.382 e. The Morgan fingerprint density at radius 2 is 1.70 bits per heavy atom. The topological polar surface area (TPSA) is 62.3 Å². The number of carbonyl (C=O) groups excluding carboxylic acids is 2. The average Bonchev–Trinajstić information content (AvgIpc) is 2.89. The summed E-state index contributed by atoms with van der Waals surface area (Å²) < 4.78 is 14.5. The van der Waals surface area contributed by atoms with Crippen LogP contribution in [0.5, 0.6) is 0 Å². The van der Waals surface area contributed by atoms with E-state index in [0.29, 0.717) is 23.4 Å². The van der Waals surface area contributed by atoms with Crippen molar-refractivity contribution in [3.05, 3.63) is 95.4 Å². The van der Waals surface area contributed by atoms with Crippen LogP contribution in [0.4, 0.5) is 10.1 Å². The lowest BCUT2D eigenvalue weighted by Crippen LogP contribution is -2.46. The van der Waals surface area contributed by atoms with E-state index in [9.17, 15) is 14.0 Å². The molecule has 0 atom stereocenters. The molecule has 7 heteroatoms. The zero-order chi connectivity index (χ0) is 25.9. The summed E-state index contributed by atoms with van der Waals surface area (Å²) in [4.78, 5) is 31.8. The predicted molar refractivity (Wildman–Crippen MR) is 145 cm³/mol. The molecular weight excluding hydrogens is 489 g/mol. The van der Waals surface area contributed by atoms with Crippen molar-refractivity contribution < 1.29 is 14.0 Å². The predicted octanol–water partition coefficient (Wildman–Crippen LogP) is 7.11. The van der Waals surface area contributed by atoms with Crippen LogP contribution in [0, 0.1) is 5.82 Å². The summed E-state index contributed by atoms with van der Waals surface area (Å²) in [6.45, 7) is 1.40.